The minimum atomic E-state index is -0.173. The first-order chi connectivity index (χ1) is 14.7. The fourth-order valence-corrected chi connectivity index (χ4v) is 3.59. The minimum Gasteiger partial charge on any atom is -0.334 e. The lowest BCUT2D eigenvalue weighted by atomic mass is 9.98. The summed E-state index contributed by atoms with van der Waals surface area (Å²) in [5.74, 6) is 1.14. The van der Waals surface area contributed by atoms with Crippen LogP contribution in [-0.2, 0) is 12.8 Å². The number of halogens is 1. The van der Waals surface area contributed by atoms with Crippen LogP contribution in [0.2, 0.25) is 0 Å². The van der Waals surface area contributed by atoms with Gasteiger partial charge in [0.25, 0.3) is 5.89 Å². The Labute approximate surface area is 178 Å². The Kier molecular flexibility index (Phi) is 8.57. The van der Waals surface area contributed by atoms with E-state index in [1.54, 1.807) is 6.07 Å². The van der Waals surface area contributed by atoms with Crippen molar-refractivity contribution in [2.75, 3.05) is 0 Å². The number of aromatic nitrogens is 2. The van der Waals surface area contributed by atoms with E-state index in [1.807, 2.05) is 36.4 Å². The SMILES string of the molecule is CCCCCCCCc1noc(-c2ccc(C(N)CCc3ccccc3F)cc2)n1. The molecule has 0 spiro atoms. The molecular weight excluding hydrogens is 377 g/mol. The van der Waals surface area contributed by atoms with Crippen LogP contribution in [0.5, 0.6) is 0 Å². The standard InChI is InChI=1S/C25H32FN3O/c1-2-3-4-5-6-7-12-24-28-25(30-29-24)21-15-13-20(14-16-21)23(27)18-17-19-10-8-9-11-22(19)26/h8-11,13-16,23H,2-7,12,17-18,27H2,1H3. The van der Waals surface area contributed by atoms with E-state index in [-0.39, 0.29) is 11.9 Å². The van der Waals surface area contributed by atoms with Crippen molar-refractivity contribution in [3.8, 4) is 11.5 Å². The van der Waals surface area contributed by atoms with Crippen LogP contribution in [0.4, 0.5) is 4.39 Å². The van der Waals surface area contributed by atoms with Crippen molar-refractivity contribution >= 4 is 0 Å². The number of benzene rings is 2. The fourth-order valence-electron chi connectivity index (χ4n) is 3.59. The maximum atomic E-state index is 13.8. The van der Waals surface area contributed by atoms with E-state index >= 15 is 0 Å². The average Bonchev–Trinajstić information content (AvgIpc) is 3.24. The molecule has 1 atom stereocenters. The van der Waals surface area contributed by atoms with E-state index in [0.29, 0.717) is 24.3 Å². The van der Waals surface area contributed by atoms with Crippen molar-refractivity contribution in [3.63, 3.8) is 0 Å². The van der Waals surface area contributed by atoms with Crippen molar-refractivity contribution in [1.29, 1.82) is 0 Å². The van der Waals surface area contributed by atoms with Crippen LogP contribution >= 0.6 is 0 Å². The molecule has 1 heterocycles. The molecule has 2 aromatic carbocycles. The predicted molar refractivity (Wildman–Crippen MR) is 118 cm³/mol. The number of aryl methyl sites for hydroxylation is 2. The lowest BCUT2D eigenvalue weighted by Gasteiger charge is -2.12. The zero-order valence-electron chi connectivity index (χ0n) is 17.8. The molecule has 0 aliphatic rings. The summed E-state index contributed by atoms with van der Waals surface area (Å²) >= 11 is 0. The molecule has 1 aromatic heterocycles. The smallest absolute Gasteiger partial charge is 0.257 e. The molecule has 0 amide bonds. The number of hydrogen-bond acceptors (Lipinski definition) is 4. The summed E-state index contributed by atoms with van der Waals surface area (Å²) < 4.78 is 19.2. The van der Waals surface area contributed by atoms with Gasteiger partial charge in [-0.05, 0) is 48.6 Å². The van der Waals surface area contributed by atoms with Crippen molar-refractivity contribution in [2.45, 2.75) is 70.8 Å². The van der Waals surface area contributed by atoms with Crippen LogP contribution in [-0.4, -0.2) is 10.1 Å². The van der Waals surface area contributed by atoms with E-state index in [4.69, 9.17) is 10.3 Å². The van der Waals surface area contributed by atoms with Crippen molar-refractivity contribution in [2.24, 2.45) is 5.73 Å². The van der Waals surface area contributed by atoms with Crippen LogP contribution in [0, 0.1) is 5.82 Å². The summed E-state index contributed by atoms with van der Waals surface area (Å²) in [5, 5.41) is 4.11. The molecule has 160 valence electrons. The summed E-state index contributed by atoms with van der Waals surface area (Å²) in [4.78, 5) is 4.52. The second-order valence-electron chi connectivity index (χ2n) is 7.89. The Bertz CT molecular complexity index is 891. The van der Waals surface area contributed by atoms with Crippen LogP contribution in [0.15, 0.2) is 53.1 Å². The van der Waals surface area contributed by atoms with Gasteiger partial charge in [0.1, 0.15) is 5.82 Å². The van der Waals surface area contributed by atoms with Gasteiger partial charge in [0.2, 0.25) is 0 Å². The Balaban J connectivity index is 1.49. The number of rotatable bonds is 12. The van der Waals surface area contributed by atoms with E-state index in [1.165, 1.54) is 38.2 Å². The quantitative estimate of drug-likeness (QED) is 0.351. The van der Waals surface area contributed by atoms with Crippen LogP contribution in [0.25, 0.3) is 11.5 Å². The predicted octanol–water partition coefficient (Wildman–Crippen LogP) is 6.41. The lowest BCUT2D eigenvalue weighted by molar-refractivity contribution is 0.421. The van der Waals surface area contributed by atoms with Gasteiger partial charge in [-0.15, -0.1) is 0 Å². The largest absolute Gasteiger partial charge is 0.334 e. The molecule has 4 nitrogen and oxygen atoms in total. The van der Waals surface area contributed by atoms with E-state index < -0.39 is 0 Å². The molecule has 5 heteroatoms. The van der Waals surface area contributed by atoms with Gasteiger partial charge in [0.15, 0.2) is 5.82 Å². The van der Waals surface area contributed by atoms with Crippen molar-refractivity contribution in [3.05, 3.63) is 71.3 Å². The van der Waals surface area contributed by atoms with Crippen molar-refractivity contribution < 1.29 is 8.91 Å². The minimum absolute atomic E-state index is 0.149. The Morgan fingerprint density at radius 1 is 0.933 bits per heavy atom. The number of nitrogens with two attached hydrogens (primary N) is 1. The molecule has 0 bridgehead atoms. The third-order valence-corrected chi connectivity index (χ3v) is 5.49. The summed E-state index contributed by atoms with van der Waals surface area (Å²) in [6.07, 6.45) is 9.62. The first-order valence-electron chi connectivity index (χ1n) is 11.1. The average molecular weight is 410 g/mol. The summed E-state index contributed by atoms with van der Waals surface area (Å²) in [7, 11) is 0. The Morgan fingerprint density at radius 2 is 1.67 bits per heavy atom. The zero-order valence-corrected chi connectivity index (χ0v) is 17.8. The molecule has 0 saturated heterocycles. The van der Waals surface area contributed by atoms with E-state index in [9.17, 15) is 4.39 Å². The maximum Gasteiger partial charge on any atom is 0.257 e. The fraction of sp³-hybridized carbons (Fsp3) is 0.440. The molecule has 0 radical (unpaired) electrons. The van der Waals surface area contributed by atoms with Crippen LogP contribution in [0.1, 0.15) is 74.9 Å². The highest BCUT2D eigenvalue weighted by atomic mass is 19.1. The van der Waals surface area contributed by atoms with Gasteiger partial charge in [-0.3, -0.25) is 0 Å². The number of unbranched alkanes of at least 4 members (excludes halogenated alkanes) is 5. The van der Waals surface area contributed by atoms with Gasteiger partial charge in [0.05, 0.1) is 0 Å². The highest BCUT2D eigenvalue weighted by Gasteiger charge is 2.12. The second kappa shape index (κ2) is 11.6. The third kappa shape index (κ3) is 6.49. The molecule has 0 fully saturated rings. The first kappa shape index (κ1) is 22.2. The molecular formula is C25H32FN3O. The molecule has 30 heavy (non-hydrogen) atoms. The summed E-state index contributed by atoms with van der Waals surface area (Å²) in [5.41, 5.74) is 8.92. The summed E-state index contributed by atoms with van der Waals surface area (Å²) in [6, 6.07) is 14.6. The molecule has 3 rings (SSSR count). The second-order valence-corrected chi connectivity index (χ2v) is 7.89. The number of hydrogen-bond donors (Lipinski definition) is 1. The molecule has 2 N–H and O–H groups in total. The van der Waals surface area contributed by atoms with Crippen molar-refractivity contribution in [1.82, 2.24) is 10.1 Å². The Morgan fingerprint density at radius 3 is 2.43 bits per heavy atom. The monoisotopic (exact) mass is 409 g/mol. The lowest BCUT2D eigenvalue weighted by Crippen LogP contribution is -2.11. The topological polar surface area (TPSA) is 64.9 Å². The van der Waals surface area contributed by atoms with Crippen LogP contribution in [0.3, 0.4) is 0 Å². The van der Waals surface area contributed by atoms with E-state index in [2.05, 4.69) is 17.1 Å². The van der Waals surface area contributed by atoms with Gasteiger partial charge in [-0.1, -0.05) is 74.5 Å². The molecule has 0 aliphatic carbocycles. The molecule has 1 unspecified atom stereocenters. The van der Waals surface area contributed by atoms with E-state index in [0.717, 1.165) is 29.8 Å². The summed E-state index contributed by atoms with van der Waals surface area (Å²) in [6.45, 7) is 2.23. The van der Waals surface area contributed by atoms with Gasteiger partial charge < -0.3 is 10.3 Å². The number of nitrogens with zero attached hydrogens (tertiary/aromatic N) is 2. The maximum absolute atomic E-state index is 13.8. The highest BCUT2D eigenvalue weighted by Crippen LogP contribution is 2.23. The zero-order chi connectivity index (χ0) is 21.2. The van der Waals surface area contributed by atoms with Gasteiger partial charge >= 0.3 is 0 Å². The van der Waals surface area contributed by atoms with Crippen LogP contribution < -0.4 is 5.73 Å². The van der Waals surface area contributed by atoms with Gasteiger partial charge in [-0.25, -0.2) is 4.39 Å². The van der Waals surface area contributed by atoms with Gasteiger partial charge in [0, 0.05) is 18.0 Å². The third-order valence-electron chi connectivity index (χ3n) is 5.49. The van der Waals surface area contributed by atoms with Gasteiger partial charge in [-0.2, -0.15) is 4.98 Å². The Hall–Kier alpha value is -2.53. The molecule has 0 saturated carbocycles. The highest BCUT2D eigenvalue weighted by molar-refractivity contribution is 5.53. The molecule has 3 aromatic rings. The normalized spacial score (nSPS) is 12.2. The molecule has 0 aliphatic heterocycles. The first-order valence-corrected chi connectivity index (χ1v) is 11.1.